The standard InChI is InChI=1S/C22H48N.H2O/c1-5-9-10-11-12-13-14-15-16-17-18-19-20-21-22-23(6-2,7-3)8-4;/h5-22H2,1-4H3;1H2/q+1;/p-1. The van der Waals surface area contributed by atoms with Crippen molar-refractivity contribution in [2.75, 3.05) is 26.2 Å². The lowest BCUT2D eigenvalue weighted by Gasteiger charge is -2.35. The molecule has 0 rings (SSSR count). The molecule has 0 aliphatic rings. The Kier molecular flexibility index (Phi) is 21.0. The third kappa shape index (κ3) is 14.3. The summed E-state index contributed by atoms with van der Waals surface area (Å²) >= 11 is 0. The number of rotatable bonds is 18. The fourth-order valence-electron chi connectivity index (χ4n) is 3.79. The Bertz CT molecular complexity index is 218. The minimum Gasteiger partial charge on any atom is -0.870 e. The van der Waals surface area contributed by atoms with Gasteiger partial charge in [0.2, 0.25) is 0 Å². The van der Waals surface area contributed by atoms with Crippen LogP contribution in [0.15, 0.2) is 0 Å². The highest BCUT2D eigenvalue weighted by atomic mass is 16.0. The van der Waals surface area contributed by atoms with E-state index in [1.54, 1.807) is 0 Å². The van der Waals surface area contributed by atoms with Gasteiger partial charge in [-0.05, 0) is 33.6 Å². The molecule has 0 spiro atoms. The average Bonchev–Trinajstić information content (AvgIpc) is 2.59. The van der Waals surface area contributed by atoms with Gasteiger partial charge in [-0.3, -0.25) is 0 Å². The molecule has 0 fully saturated rings. The molecule has 0 aliphatic heterocycles. The second-order valence-corrected chi connectivity index (χ2v) is 7.61. The van der Waals surface area contributed by atoms with Gasteiger partial charge in [0.25, 0.3) is 0 Å². The van der Waals surface area contributed by atoms with Crippen molar-refractivity contribution in [3.05, 3.63) is 0 Å². The smallest absolute Gasteiger partial charge is 0.0786 e. The summed E-state index contributed by atoms with van der Waals surface area (Å²) in [6, 6.07) is 0. The molecular weight excluding hydrogens is 294 g/mol. The molecule has 0 saturated heterocycles. The second kappa shape index (κ2) is 19.2. The van der Waals surface area contributed by atoms with Gasteiger partial charge in [0, 0.05) is 0 Å². The first kappa shape index (κ1) is 26.2. The van der Waals surface area contributed by atoms with Crippen LogP contribution < -0.4 is 0 Å². The van der Waals surface area contributed by atoms with Gasteiger partial charge in [-0.25, -0.2) is 0 Å². The fourth-order valence-corrected chi connectivity index (χ4v) is 3.79. The zero-order valence-corrected chi connectivity index (χ0v) is 17.6. The Hall–Kier alpha value is -0.0800. The monoisotopic (exact) mass is 343 g/mol. The van der Waals surface area contributed by atoms with Crippen molar-refractivity contribution in [3.63, 3.8) is 0 Å². The quantitative estimate of drug-likeness (QED) is 0.192. The van der Waals surface area contributed by atoms with E-state index in [4.69, 9.17) is 0 Å². The van der Waals surface area contributed by atoms with Gasteiger partial charge in [-0.2, -0.15) is 0 Å². The first-order chi connectivity index (χ1) is 11.2. The maximum absolute atomic E-state index is 2.36. The maximum Gasteiger partial charge on any atom is 0.0786 e. The van der Waals surface area contributed by atoms with E-state index in [0.717, 1.165) is 0 Å². The van der Waals surface area contributed by atoms with Crippen molar-refractivity contribution in [2.24, 2.45) is 0 Å². The van der Waals surface area contributed by atoms with E-state index < -0.39 is 0 Å². The van der Waals surface area contributed by atoms with Crippen molar-refractivity contribution in [2.45, 2.75) is 118 Å². The van der Waals surface area contributed by atoms with Gasteiger partial charge in [0.1, 0.15) is 0 Å². The molecular formula is C22H49NO. The molecule has 0 amide bonds. The van der Waals surface area contributed by atoms with Crippen LogP contribution in [0.4, 0.5) is 0 Å². The minimum atomic E-state index is 0. The summed E-state index contributed by atoms with van der Waals surface area (Å²) < 4.78 is 1.33. The first-order valence-electron chi connectivity index (χ1n) is 11.1. The van der Waals surface area contributed by atoms with Crippen LogP contribution in [-0.4, -0.2) is 36.1 Å². The zero-order valence-electron chi connectivity index (χ0n) is 17.6. The largest absolute Gasteiger partial charge is 0.870 e. The Labute approximate surface area is 154 Å². The van der Waals surface area contributed by atoms with Crippen LogP contribution in [0.1, 0.15) is 118 Å². The number of hydrogen-bond acceptors (Lipinski definition) is 1. The molecule has 0 atom stereocenters. The number of nitrogens with zero attached hydrogens (tertiary/aromatic N) is 1. The van der Waals surface area contributed by atoms with Crippen molar-refractivity contribution in [3.8, 4) is 0 Å². The lowest BCUT2D eigenvalue weighted by molar-refractivity contribution is -0.923. The third-order valence-electron chi connectivity index (χ3n) is 6.00. The molecule has 2 nitrogen and oxygen atoms in total. The fraction of sp³-hybridized carbons (Fsp3) is 1.00. The molecule has 0 aromatic heterocycles. The van der Waals surface area contributed by atoms with Crippen LogP contribution in [0.25, 0.3) is 0 Å². The van der Waals surface area contributed by atoms with E-state index in [2.05, 4.69) is 27.7 Å². The predicted octanol–water partition coefficient (Wildman–Crippen LogP) is 7.17. The van der Waals surface area contributed by atoms with Gasteiger partial charge in [-0.1, -0.05) is 84.0 Å². The molecule has 24 heavy (non-hydrogen) atoms. The highest BCUT2D eigenvalue weighted by molar-refractivity contribution is 4.50. The zero-order chi connectivity index (χ0) is 17.2. The summed E-state index contributed by atoms with van der Waals surface area (Å²) in [7, 11) is 0. The summed E-state index contributed by atoms with van der Waals surface area (Å²) in [4.78, 5) is 0. The molecule has 0 heterocycles. The molecule has 0 bridgehead atoms. The van der Waals surface area contributed by atoms with Crippen LogP contribution in [0.2, 0.25) is 0 Å². The van der Waals surface area contributed by atoms with E-state index in [1.165, 1.54) is 121 Å². The molecule has 2 heteroatoms. The highest BCUT2D eigenvalue weighted by Gasteiger charge is 2.19. The molecule has 0 radical (unpaired) electrons. The van der Waals surface area contributed by atoms with E-state index in [-0.39, 0.29) is 5.48 Å². The van der Waals surface area contributed by atoms with Crippen LogP contribution in [0.5, 0.6) is 0 Å². The van der Waals surface area contributed by atoms with Gasteiger partial charge in [0.05, 0.1) is 26.2 Å². The van der Waals surface area contributed by atoms with Gasteiger partial charge >= 0.3 is 0 Å². The molecule has 148 valence electrons. The number of hydrogen-bond donors (Lipinski definition) is 0. The van der Waals surface area contributed by atoms with Gasteiger partial charge in [-0.15, -0.1) is 0 Å². The lowest BCUT2D eigenvalue weighted by Crippen LogP contribution is -2.48. The summed E-state index contributed by atoms with van der Waals surface area (Å²) in [5, 5.41) is 0. The first-order valence-corrected chi connectivity index (χ1v) is 11.1. The average molecular weight is 344 g/mol. The Morgan fingerprint density at radius 3 is 1.00 bits per heavy atom. The van der Waals surface area contributed by atoms with Crippen LogP contribution >= 0.6 is 0 Å². The Balaban J connectivity index is 0. The number of unbranched alkanes of at least 4 members (excludes halogenated alkanes) is 13. The summed E-state index contributed by atoms with van der Waals surface area (Å²) in [6.07, 6.45) is 20.5. The van der Waals surface area contributed by atoms with E-state index >= 15 is 0 Å². The van der Waals surface area contributed by atoms with E-state index in [0.29, 0.717) is 0 Å². The van der Waals surface area contributed by atoms with Crippen molar-refractivity contribution >= 4 is 0 Å². The summed E-state index contributed by atoms with van der Waals surface area (Å²) in [5.41, 5.74) is 0. The molecule has 0 aliphatic carbocycles. The highest BCUT2D eigenvalue weighted by Crippen LogP contribution is 2.14. The predicted molar refractivity (Wildman–Crippen MR) is 109 cm³/mol. The third-order valence-corrected chi connectivity index (χ3v) is 6.00. The van der Waals surface area contributed by atoms with Crippen LogP contribution in [0.3, 0.4) is 0 Å². The topological polar surface area (TPSA) is 30.0 Å². The van der Waals surface area contributed by atoms with E-state index in [9.17, 15) is 0 Å². The number of quaternary nitrogens is 1. The van der Waals surface area contributed by atoms with Crippen molar-refractivity contribution in [1.82, 2.24) is 0 Å². The molecule has 0 unspecified atom stereocenters. The molecule has 0 aromatic rings. The maximum atomic E-state index is 2.36. The molecule has 0 saturated carbocycles. The Morgan fingerprint density at radius 1 is 0.417 bits per heavy atom. The normalized spacial score (nSPS) is 11.5. The Morgan fingerprint density at radius 2 is 0.708 bits per heavy atom. The summed E-state index contributed by atoms with van der Waals surface area (Å²) in [5.74, 6) is 0. The summed E-state index contributed by atoms with van der Waals surface area (Å²) in [6.45, 7) is 14.7. The van der Waals surface area contributed by atoms with Gasteiger partial charge < -0.3 is 9.96 Å². The van der Waals surface area contributed by atoms with E-state index in [1.807, 2.05) is 0 Å². The second-order valence-electron chi connectivity index (χ2n) is 7.61. The SMILES string of the molecule is CCCCCCCCCCCCCCCC[N+](CC)(CC)CC.[OH-]. The lowest BCUT2D eigenvalue weighted by atomic mass is 10.0. The molecule has 1 N–H and O–H groups in total. The molecule has 0 aromatic carbocycles. The van der Waals surface area contributed by atoms with Crippen molar-refractivity contribution < 1.29 is 9.96 Å². The van der Waals surface area contributed by atoms with Crippen molar-refractivity contribution in [1.29, 1.82) is 0 Å². The van der Waals surface area contributed by atoms with Gasteiger partial charge in [0.15, 0.2) is 0 Å². The van der Waals surface area contributed by atoms with Crippen LogP contribution in [0, 0.1) is 0 Å². The van der Waals surface area contributed by atoms with Crippen LogP contribution in [-0.2, 0) is 0 Å². The minimum absolute atomic E-state index is 0.